The largest absolute Gasteiger partial charge is 0.467 e. The van der Waals surface area contributed by atoms with Crippen molar-refractivity contribution in [3.8, 4) is 6.01 Å². The lowest BCUT2D eigenvalue weighted by Gasteiger charge is -2.00. The van der Waals surface area contributed by atoms with E-state index in [1.54, 1.807) is 13.3 Å². The molecule has 1 heterocycles. The van der Waals surface area contributed by atoms with Crippen LogP contribution in [0.3, 0.4) is 0 Å². The van der Waals surface area contributed by atoms with E-state index in [1.165, 1.54) is 0 Å². The van der Waals surface area contributed by atoms with Gasteiger partial charge in [-0.3, -0.25) is 0 Å². The Morgan fingerprint density at radius 1 is 1.33 bits per heavy atom. The molecule has 0 saturated heterocycles. The van der Waals surface area contributed by atoms with Crippen LogP contribution in [0.15, 0.2) is 6.20 Å². The Morgan fingerprint density at radius 3 is 3.00 bits per heavy atom. The molecule has 0 fully saturated rings. The van der Waals surface area contributed by atoms with Crippen LogP contribution in [0.1, 0.15) is 12.8 Å². The molecule has 1 aromatic heterocycles. The zero-order valence-electron chi connectivity index (χ0n) is 6.95. The lowest BCUT2D eigenvalue weighted by Crippen LogP contribution is -2.30. The number of hydrogen-bond donors (Lipinski definition) is 0. The maximum Gasteiger partial charge on any atom is 0.316 e. The molecule has 1 aromatic rings. The summed E-state index contributed by atoms with van der Waals surface area (Å²) in [5.74, 6) is 0. The van der Waals surface area contributed by atoms with Gasteiger partial charge in [0.15, 0.2) is 0 Å². The number of ether oxygens (including phenoxy) is 1. The van der Waals surface area contributed by atoms with Gasteiger partial charge in [-0.1, -0.05) is 12.2 Å². The monoisotopic (exact) mass is 162 g/mol. The second kappa shape index (κ2) is 2.93. The Kier molecular flexibility index (Phi) is 1.78. The molecule has 12 heavy (non-hydrogen) atoms. The molecule has 1 aliphatic rings. The molecule has 0 N–H and O–H groups in total. The Hall–Kier alpha value is -1.38. The van der Waals surface area contributed by atoms with Crippen LogP contribution in [-0.4, -0.2) is 17.1 Å². The first-order valence-corrected chi connectivity index (χ1v) is 3.97. The summed E-state index contributed by atoms with van der Waals surface area (Å²) >= 11 is 0. The van der Waals surface area contributed by atoms with Crippen LogP contribution in [0.5, 0.6) is 6.01 Å². The standard InChI is InChI=1S/C9H10N2O/c1-12-9-10-6-7-4-2-3-5-8(7)11-9/h4-6H,2-3H2,1H3. The van der Waals surface area contributed by atoms with Crippen molar-refractivity contribution in [2.75, 3.05) is 7.11 Å². The fourth-order valence-electron chi connectivity index (χ4n) is 1.27. The molecule has 0 bridgehead atoms. The van der Waals surface area contributed by atoms with Crippen molar-refractivity contribution in [3.05, 3.63) is 16.8 Å². The topological polar surface area (TPSA) is 35.0 Å². The Morgan fingerprint density at radius 2 is 2.17 bits per heavy atom. The van der Waals surface area contributed by atoms with Crippen LogP contribution in [0, 0.1) is 0 Å². The van der Waals surface area contributed by atoms with E-state index in [2.05, 4.69) is 22.1 Å². The minimum atomic E-state index is 0.445. The highest BCUT2D eigenvalue weighted by molar-refractivity contribution is 5.34. The molecule has 0 saturated carbocycles. The molecule has 0 unspecified atom stereocenters. The smallest absolute Gasteiger partial charge is 0.316 e. The third-order valence-corrected chi connectivity index (χ3v) is 1.88. The highest BCUT2D eigenvalue weighted by Crippen LogP contribution is 1.96. The van der Waals surface area contributed by atoms with E-state index in [1.807, 2.05) is 0 Å². The Bertz CT molecular complexity index is 397. The zero-order valence-corrected chi connectivity index (χ0v) is 6.95. The molecule has 0 amide bonds. The first kappa shape index (κ1) is 7.28. The van der Waals surface area contributed by atoms with Gasteiger partial charge in [0.2, 0.25) is 0 Å². The number of fused-ring (bicyclic) bond motifs is 1. The van der Waals surface area contributed by atoms with Gasteiger partial charge in [-0.25, -0.2) is 4.98 Å². The lowest BCUT2D eigenvalue weighted by atomic mass is 10.2. The molecule has 3 nitrogen and oxygen atoms in total. The molecule has 62 valence electrons. The summed E-state index contributed by atoms with van der Waals surface area (Å²) in [6.45, 7) is 0. The van der Waals surface area contributed by atoms with E-state index < -0.39 is 0 Å². The van der Waals surface area contributed by atoms with E-state index in [-0.39, 0.29) is 0 Å². The fourth-order valence-corrected chi connectivity index (χ4v) is 1.27. The van der Waals surface area contributed by atoms with Crippen molar-refractivity contribution in [1.29, 1.82) is 0 Å². The molecule has 2 rings (SSSR count). The third-order valence-electron chi connectivity index (χ3n) is 1.88. The summed E-state index contributed by atoms with van der Waals surface area (Å²) in [5, 5.41) is 2.11. The number of aromatic nitrogens is 2. The van der Waals surface area contributed by atoms with E-state index in [4.69, 9.17) is 4.74 Å². The van der Waals surface area contributed by atoms with Crippen LogP contribution in [0.2, 0.25) is 0 Å². The average Bonchev–Trinajstić information content (AvgIpc) is 2.17. The van der Waals surface area contributed by atoms with Gasteiger partial charge in [-0.05, 0) is 12.8 Å². The number of hydrogen-bond acceptors (Lipinski definition) is 3. The van der Waals surface area contributed by atoms with Gasteiger partial charge in [0, 0.05) is 11.4 Å². The predicted molar refractivity (Wildman–Crippen MR) is 46.0 cm³/mol. The van der Waals surface area contributed by atoms with Crippen LogP contribution in [-0.2, 0) is 0 Å². The molecular formula is C9H10N2O. The maximum atomic E-state index is 4.92. The first-order chi connectivity index (χ1) is 5.90. The van der Waals surface area contributed by atoms with Crippen molar-refractivity contribution >= 4 is 12.2 Å². The van der Waals surface area contributed by atoms with Crippen molar-refractivity contribution in [2.24, 2.45) is 0 Å². The lowest BCUT2D eigenvalue weighted by molar-refractivity contribution is 0.378. The van der Waals surface area contributed by atoms with Gasteiger partial charge in [0.05, 0.1) is 12.5 Å². The molecule has 0 radical (unpaired) electrons. The fraction of sp³-hybridized carbons (Fsp3) is 0.333. The van der Waals surface area contributed by atoms with Crippen molar-refractivity contribution in [3.63, 3.8) is 0 Å². The van der Waals surface area contributed by atoms with Gasteiger partial charge in [-0.2, -0.15) is 4.98 Å². The van der Waals surface area contributed by atoms with E-state index in [9.17, 15) is 0 Å². The van der Waals surface area contributed by atoms with E-state index >= 15 is 0 Å². The van der Waals surface area contributed by atoms with Crippen LogP contribution < -0.4 is 15.3 Å². The van der Waals surface area contributed by atoms with Crippen molar-refractivity contribution < 1.29 is 4.74 Å². The van der Waals surface area contributed by atoms with Crippen molar-refractivity contribution in [2.45, 2.75) is 12.8 Å². The van der Waals surface area contributed by atoms with E-state index in [0.29, 0.717) is 6.01 Å². The highest BCUT2D eigenvalue weighted by atomic mass is 16.5. The summed E-state index contributed by atoms with van der Waals surface area (Å²) in [6, 6.07) is 0.445. The summed E-state index contributed by atoms with van der Waals surface area (Å²) in [6.07, 6.45) is 8.21. The SMILES string of the molecule is COc1ncc2c(n1)=CCCC=2. The van der Waals surface area contributed by atoms with Crippen LogP contribution in [0.25, 0.3) is 12.2 Å². The molecule has 0 aromatic carbocycles. The summed E-state index contributed by atoms with van der Waals surface area (Å²) in [5.41, 5.74) is 0. The second-order valence-corrected chi connectivity index (χ2v) is 2.68. The predicted octanol–water partition coefficient (Wildman–Crippen LogP) is -0.160. The molecule has 0 aliphatic heterocycles. The van der Waals surface area contributed by atoms with Gasteiger partial charge >= 0.3 is 6.01 Å². The zero-order chi connectivity index (χ0) is 8.39. The highest BCUT2D eigenvalue weighted by Gasteiger charge is 1.97. The van der Waals surface area contributed by atoms with Gasteiger partial charge in [-0.15, -0.1) is 0 Å². The van der Waals surface area contributed by atoms with Gasteiger partial charge in [0.1, 0.15) is 0 Å². The van der Waals surface area contributed by atoms with Gasteiger partial charge < -0.3 is 4.74 Å². The van der Waals surface area contributed by atoms with E-state index in [0.717, 1.165) is 23.4 Å². The number of nitrogens with zero attached hydrogens (tertiary/aromatic N) is 2. The van der Waals surface area contributed by atoms with Crippen molar-refractivity contribution in [1.82, 2.24) is 9.97 Å². The van der Waals surface area contributed by atoms with Gasteiger partial charge in [0.25, 0.3) is 0 Å². The molecular weight excluding hydrogens is 152 g/mol. The normalized spacial score (nSPS) is 14.1. The van der Waals surface area contributed by atoms with Crippen LogP contribution in [0.4, 0.5) is 0 Å². The first-order valence-electron chi connectivity index (χ1n) is 3.97. The summed E-state index contributed by atoms with van der Waals surface area (Å²) < 4.78 is 4.92. The second-order valence-electron chi connectivity index (χ2n) is 2.68. The Balaban J connectivity index is 2.65. The minimum Gasteiger partial charge on any atom is -0.467 e. The summed E-state index contributed by atoms with van der Waals surface area (Å²) in [7, 11) is 1.58. The molecule has 0 atom stereocenters. The quantitative estimate of drug-likeness (QED) is 0.575. The molecule has 3 heteroatoms. The Labute approximate surface area is 70.4 Å². The number of methoxy groups -OCH3 is 1. The number of rotatable bonds is 1. The third kappa shape index (κ3) is 1.18. The maximum absolute atomic E-state index is 4.92. The van der Waals surface area contributed by atoms with Crippen LogP contribution >= 0.6 is 0 Å². The average molecular weight is 162 g/mol. The molecule has 0 spiro atoms. The molecule has 1 aliphatic carbocycles. The summed E-state index contributed by atoms with van der Waals surface area (Å²) in [4.78, 5) is 8.24. The minimum absolute atomic E-state index is 0.445.